The lowest BCUT2D eigenvalue weighted by Crippen LogP contribution is -2.32. The van der Waals surface area contributed by atoms with Gasteiger partial charge in [-0.1, -0.05) is 40.9 Å². The minimum Gasteiger partial charge on any atom is -0.423 e. The van der Waals surface area contributed by atoms with Gasteiger partial charge in [-0.05, 0) is 66.2 Å². The molecule has 2 amide bonds. The minimum atomic E-state index is -0.995. The van der Waals surface area contributed by atoms with Gasteiger partial charge in [-0.3, -0.25) is 9.59 Å². The minimum absolute atomic E-state index is 0.121. The highest BCUT2D eigenvalue weighted by Crippen LogP contribution is 2.29. The summed E-state index contributed by atoms with van der Waals surface area (Å²) in [5.41, 5.74) is 3.26. The van der Waals surface area contributed by atoms with Crippen LogP contribution in [0.1, 0.15) is 15.9 Å². The van der Waals surface area contributed by atoms with Crippen LogP contribution in [0.25, 0.3) is 0 Å². The Morgan fingerprint density at radius 3 is 2.22 bits per heavy atom. The van der Waals surface area contributed by atoms with Crippen LogP contribution in [-0.2, 0) is 9.59 Å². The van der Waals surface area contributed by atoms with Crippen molar-refractivity contribution in [2.75, 3.05) is 5.32 Å². The number of anilines is 1. The second-order valence-electron chi connectivity index (χ2n) is 6.22. The van der Waals surface area contributed by atoms with E-state index in [2.05, 4.69) is 15.8 Å². The monoisotopic (exact) mass is 489 g/mol. The van der Waals surface area contributed by atoms with Gasteiger partial charge < -0.3 is 10.1 Å². The Hall–Kier alpha value is -3.39. The van der Waals surface area contributed by atoms with Crippen LogP contribution in [0.4, 0.5) is 5.69 Å². The van der Waals surface area contributed by atoms with Crippen LogP contribution in [0, 0.1) is 0 Å². The van der Waals surface area contributed by atoms with Gasteiger partial charge in [0.05, 0.1) is 27.5 Å². The zero-order valence-electron chi connectivity index (χ0n) is 16.1. The van der Waals surface area contributed by atoms with Crippen molar-refractivity contribution in [3.05, 3.63) is 92.9 Å². The van der Waals surface area contributed by atoms with E-state index >= 15 is 0 Å². The highest BCUT2D eigenvalue weighted by atomic mass is 35.5. The number of nitrogens with zero attached hydrogens (tertiary/aromatic N) is 1. The number of halogens is 3. The van der Waals surface area contributed by atoms with E-state index in [1.165, 1.54) is 12.3 Å². The van der Waals surface area contributed by atoms with Gasteiger partial charge in [-0.25, -0.2) is 10.2 Å². The van der Waals surface area contributed by atoms with Gasteiger partial charge in [-0.2, -0.15) is 5.10 Å². The SMILES string of the molecule is O=C(N/N=C/c1ccc(OC(=O)c2ccc(Cl)cc2)cc1)C(=O)Nc1cccc(Cl)c1Cl. The van der Waals surface area contributed by atoms with Crippen molar-refractivity contribution in [3.8, 4) is 5.75 Å². The standard InChI is InChI=1S/C22H14Cl3N3O4/c23-15-8-6-14(7-9-15)22(31)32-16-10-4-13(5-11-16)12-26-28-21(30)20(29)27-18-3-1-2-17(24)19(18)25/h1-12H,(H,27,29)(H,28,30)/b26-12+. The van der Waals surface area contributed by atoms with E-state index in [0.717, 1.165) is 0 Å². The Morgan fingerprint density at radius 1 is 0.844 bits per heavy atom. The molecule has 162 valence electrons. The summed E-state index contributed by atoms with van der Waals surface area (Å²) in [5, 5.41) is 6.95. The van der Waals surface area contributed by atoms with E-state index in [0.29, 0.717) is 21.9 Å². The molecule has 0 aliphatic heterocycles. The molecule has 0 saturated heterocycles. The van der Waals surface area contributed by atoms with Crippen molar-refractivity contribution < 1.29 is 19.1 Å². The summed E-state index contributed by atoms with van der Waals surface area (Å²) < 4.78 is 5.27. The lowest BCUT2D eigenvalue weighted by atomic mass is 10.2. The van der Waals surface area contributed by atoms with Gasteiger partial charge in [0.15, 0.2) is 0 Å². The van der Waals surface area contributed by atoms with Gasteiger partial charge in [-0.15, -0.1) is 0 Å². The third kappa shape index (κ3) is 6.31. The van der Waals surface area contributed by atoms with Gasteiger partial charge in [0, 0.05) is 5.02 Å². The predicted molar refractivity (Wildman–Crippen MR) is 124 cm³/mol. The smallest absolute Gasteiger partial charge is 0.343 e. The fraction of sp³-hybridized carbons (Fsp3) is 0. The first-order chi connectivity index (χ1) is 15.3. The normalized spacial score (nSPS) is 10.6. The third-order valence-electron chi connectivity index (χ3n) is 3.96. The number of carbonyl (C=O) groups is 3. The lowest BCUT2D eigenvalue weighted by molar-refractivity contribution is -0.136. The topological polar surface area (TPSA) is 96.9 Å². The molecule has 0 aromatic heterocycles. The van der Waals surface area contributed by atoms with Crippen LogP contribution in [-0.4, -0.2) is 24.0 Å². The molecule has 7 nitrogen and oxygen atoms in total. The molecule has 0 radical (unpaired) electrons. The summed E-state index contributed by atoms with van der Waals surface area (Å²) >= 11 is 17.6. The van der Waals surface area contributed by atoms with Crippen molar-refractivity contribution in [2.24, 2.45) is 5.10 Å². The molecule has 0 fully saturated rings. The van der Waals surface area contributed by atoms with Crippen molar-refractivity contribution >= 4 is 64.5 Å². The van der Waals surface area contributed by atoms with E-state index in [1.807, 2.05) is 0 Å². The quantitative estimate of drug-likeness (QED) is 0.174. The van der Waals surface area contributed by atoms with Crippen molar-refractivity contribution in [1.29, 1.82) is 0 Å². The second-order valence-corrected chi connectivity index (χ2v) is 7.44. The fourth-order valence-corrected chi connectivity index (χ4v) is 2.84. The predicted octanol–water partition coefficient (Wildman–Crippen LogP) is 4.95. The van der Waals surface area contributed by atoms with Crippen LogP contribution >= 0.6 is 34.8 Å². The molecule has 0 spiro atoms. The molecule has 0 aliphatic carbocycles. The van der Waals surface area contributed by atoms with Crippen LogP contribution < -0.4 is 15.5 Å². The van der Waals surface area contributed by atoms with Gasteiger partial charge in [0.2, 0.25) is 0 Å². The first-order valence-electron chi connectivity index (χ1n) is 8.99. The highest BCUT2D eigenvalue weighted by molar-refractivity contribution is 6.45. The molecule has 3 aromatic rings. The molecule has 3 rings (SSSR count). The fourth-order valence-electron chi connectivity index (χ4n) is 2.37. The van der Waals surface area contributed by atoms with E-state index in [9.17, 15) is 14.4 Å². The van der Waals surface area contributed by atoms with Gasteiger partial charge in [0.1, 0.15) is 5.75 Å². The first kappa shape index (κ1) is 23.3. The number of amides is 2. The van der Waals surface area contributed by atoms with Crippen molar-refractivity contribution in [1.82, 2.24) is 5.43 Å². The summed E-state index contributed by atoms with van der Waals surface area (Å²) in [4.78, 5) is 35.9. The number of benzene rings is 3. The number of hydrazone groups is 1. The molecule has 0 bridgehead atoms. The zero-order chi connectivity index (χ0) is 23.1. The molecular formula is C22H14Cl3N3O4. The molecule has 3 aromatic carbocycles. The molecule has 0 heterocycles. The lowest BCUT2D eigenvalue weighted by Gasteiger charge is -2.07. The van der Waals surface area contributed by atoms with Crippen LogP contribution in [0.5, 0.6) is 5.75 Å². The molecule has 0 atom stereocenters. The van der Waals surface area contributed by atoms with E-state index in [-0.39, 0.29) is 15.7 Å². The summed E-state index contributed by atoms with van der Waals surface area (Å²) in [6.07, 6.45) is 1.32. The number of nitrogens with one attached hydrogen (secondary N) is 2. The molecule has 32 heavy (non-hydrogen) atoms. The molecule has 0 aliphatic rings. The average Bonchev–Trinajstić information content (AvgIpc) is 2.78. The van der Waals surface area contributed by atoms with E-state index in [1.54, 1.807) is 60.7 Å². The highest BCUT2D eigenvalue weighted by Gasteiger charge is 2.15. The van der Waals surface area contributed by atoms with Gasteiger partial charge in [0.25, 0.3) is 0 Å². The Morgan fingerprint density at radius 2 is 1.53 bits per heavy atom. The number of carbonyl (C=O) groups excluding carboxylic acids is 3. The largest absolute Gasteiger partial charge is 0.423 e. The zero-order valence-corrected chi connectivity index (χ0v) is 18.4. The maximum atomic E-state index is 12.1. The Kier molecular flexibility index (Phi) is 7.83. The number of hydrogen-bond donors (Lipinski definition) is 2. The van der Waals surface area contributed by atoms with Crippen LogP contribution in [0.2, 0.25) is 15.1 Å². The average molecular weight is 491 g/mol. The maximum absolute atomic E-state index is 12.1. The summed E-state index contributed by atoms with van der Waals surface area (Å²) in [6.45, 7) is 0. The van der Waals surface area contributed by atoms with Crippen LogP contribution in [0.15, 0.2) is 71.8 Å². The summed E-state index contributed by atoms with van der Waals surface area (Å²) in [7, 11) is 0. The number of ether oxygens (including phenoxy) is 1. The van der Waals surface area contributed by atoms with Crippen molar-refractivity contribution in [3.63, 3.8) is 0 Å². The number of esters is 1. The Labute approximate surface area is 197 Å². The summed E-state index contributed by atoms with van der Waals surface area (Å²) in [5.74, 6) is -2.16. The maximum Gasteiger partial charge on any atom is 0.343 e. The second kappa shape index (κ2) is 10.8. The first-order valence-corrected chi connectivity index (χ1v) is 10.1. The number of rotatable bonds is 5. The molecule has 2 N–H and O–H groups in total. The molecular weight excluding hydrogens is 477 g/mol. The Bertz CT molecular complexity index is 1180. The molecule has 10 heteroatoms. The van der Waals surface area contributed by atoms with Crippen LogP contribution in [0.3, 0.4) is 0 Å². The number of hydrogen-bond acceptors (Lipinski definition) is 5. The Balaban J connectivity index is 1.52. The molecule has 0 unspecified atom stereocenters. The van der Waals surface area contributed by atoms with Gasteiger partial charge >= 0.3 is 17.8 Å². The van der Waals surface area contributed by atoms with E-state index < -0.39 is 17.8 Å². The van der Waals surface area contributed by atoms with Crippen molar-refractivity contribution in [2.45, 2.75) is 0 Å². The van der Waals surface area contributed by atoms with E-state index in [4.69, 9.17) is 39.5 Å². The molecule has 0 saturated carbocycles. The summed E-state index contributed by atoms with van der Waals surface area (Å²) in [6, 6.07) is 17.3. The third-order valence-corrected chi connectivity index (χ3v) is 5.03.